The molecule has 0 aliphatic heterocycles. The topological polar surface area (TPSA) is 34.4 Å². The van der Waals surface area contributed by atoms with Crippen LogP contribution in [0.4, 0.5) is 0 Å². The molecule has 0 unspecified atom stereocenters. The van der Waals surface area contributed by atoms with E-state index in [4.69, 9.17) is 4.98 Å². The fourth-order valence-electron chi connectivity index (χ4n) is 2.74. The minimum Gasteiger partial charge on any atom is -0.296 e. The number of hydrogen-bond donors (Lipinski definition) is 0. The molecule has 0 atom stereocenters. The molecule has 0 amide bonds. The number of carbonyl (C=O) groups is 1. The number of aryl methyl sites for hydroxylation is 2. The highest BCUT2D eigenvalue weighted by Gasteiger charge is 2.26. The van der Waals surface area contributed by atoms with Crippen molar-refractivity contribution in [1.82, 2.24) is 9.38 Å². The third-order valence-electron chi connectivity index (χ3n) is 3.83. The van der Waals surface area contributed by atoms with Crippen LogP contribution in [0.15, 0.2) is 24.3 Å². The maximum atomic E-state index is 11.7. The van der Waals surface area contributed by atoms with E-state index in [-0.39, 0.29) is 5.41 Å². The van der Waals surface area contributed by atoms with E-state index in [2.05, 4.69) is 58.9 Å². The molecule has 0 saturated carbocycles. The van der Waals surface area contributed by atoms with Crippen molar-refractivity contribution in [2.75, 3.05) is 0 Å². The summed E-state index contributed by atoms with van der Waals surface area (Å²) in [6.07, 6.45) is 0.935. The molecule has 22 heavy (non-hydrogen) atoms. The first-order chi connectivity index (χ1) is 10.3. The van der Waals surface area contributed by atoms with Gasteiger partial charge in [-0.25, -0.2) is 4.98 Å². The third kappa shape index (κ3) is 2.28. The minimum atomic E-state index is -0.152. The SMILES string of the molecule is Cc1ccc(-c2c(C)sc3nc(C(C)(C)C)c(C=O)n23)cc1. The number of carbonyl (C=O) groups excluding carboxylic acids is 1. The average Bonchev–Trinajstić information content (AvgIpc) is 2.94. The molecule has 0 N–H and O–H groups in total. The summed E-state index contributed by atoms with van der Waals surface area (Å²) in [4.78, 5) is 18.5. The number of rotatable bonds is 2. The van der Waals surface area contributed by atoms with Gasteiger partial charge in [0.2, 0.25) is 0 Å². The molecule has 114 valence electrons. The van der Waals surface area contributed by atoms with Crippen LogP contribution in [0.25, 0.3) is 16.2 Å². The first-order valence-corrected chi connectivity index (χ1v) is 8.19. The maximum absolute atomic E-state index is 11.7. The lowest BCUT2D eigenvalue weighted by molar-refractivity contribution is 0.111. The number of aromatic nitrogens is 2. The Labute approximate surface area is 134 Å². The molecule has 0 aliphatic rings. The highest BCUT2D eigenvalue weighted by Crippen LogP contribution is 2.35. The van der Waals surface area contributed by atoms with Gasteiger partial charge in [-0.3, -0.25) is 9.20 Å². The van der Waals surface area contributed by atoms with Crippen molar-refractivity contribution >= 4 is 22.6 Å². The molecular formula is C18H20N2OS. The molecule has 3 nitrogen and oxygen atoms in total. The van der Waals surface area contributed by atoms with E-state index >= 15 is 0 Å². The van der Waals surface area contributed by atoms with E-state index in [0.717, 1.165) is 28.2 Å². The van der Waals surface area contributed by atoms with Crippen LogP contribution >= 0.6 is 11.3 Å². The second-order valence-corrected chi connectivity index (χ2v) is 7.89. The lowest BCUT2D eigenvalue weighted by Gasteiger charge is -2.16. The summed E-state index contributed by atoms with van der Waals surface area (Å²) in [7, 11) is 0. The van der Waals surface area contributed by atoms with Crippen LogP contribution in [-0.2, 0) is 5.41 Å². The Morgan fingerprint density at radius 2 is 1.77 bits per heavy atom. The van der Waals surface area contributed by atoms with Crippen molar-refractivity contribution in [2.45, 2.75) is 40.0 Å². The summed E-state index contributed by atoms with van der Waals surface area (Å²) >= 11 is 1.64. The number of hydrogen-bond acceptors (Lipinski definition) is 3. The first kappa shape index (κ1) is 15.0. The van der Waals surface area contributed by atoms with Gasteiger partial charge in [0.15, 0.2) is 11.2 Å². The highest BCUT2D eigenvalue weighted by atomic mass is 32.1. The van der Waals surface area contributed by atoms with E-state index < -0.39 is 0 Å². The molecule has 0 bridgehead atoms. The van der Waals surface area contributed by atoms with Crippen LogP contribution < -0.4 is 0 Å². The van der Waals surface area contributed by atoms with Gasteiger partial charge < -0.3 is 0 Å². The van der Waals surface area contributed by atoms with Crippen molar-refractivity contribution < 1.29 is 4.79 Å². The predicted molar refractivity (Wildman–Crippen MR) is 92.1 cm³/mol. The molecule has 0 saturated heterocycles. The Kier molecular flexibility index (Phi) is 3.44. The smallest absolute Gasteiger partial charge is 0.195 e. The van der Waals surface area contributed by atoms with E-state index in [1.807, 2.05) is 4.40 Å². The predicted octanol–water partition coefficient (Wildman–Crippen LogP) is 4.79. The third-order valence-corrected chi connectivity index (χ3v) is 4.79. The maximum Gasteiger partial charge on any atom is 0.195 e. The average molecular weight is 312 g/mol. The Bertz CT molecular complexity index is 848. The van der Waals surface area contributed by atoms with Gasteiger partial charge in [0.05, 0.1) is 11.4 Å². The summed E-state index contributed by atoms with van der Waals surface area (Å²) in [6.45, 7) is 10.4. The summed E-state index contributed by atoms with van der Waals surface area (Å²) in [5.74, 6) is 0. The van der Waals surface area contributed by atoms with Crippen molar-refractivity contribution in [3.8, 4) is 11.3 Å². The normalized spacial score (nSPS) is 12.0. The molecule has 2 aromatic heterocycles. The van der Waals surface area contributed by atoms with Crippen molar-refractivity contribution in [2.24, 2.45) is 0 Å². The van der Waals surface area contributed by atoms with Crippen LogP contribution in [-0.4, -0.2) is 15.7 Å². The largest absolute Gasteiger partial charge is 0.296 e. The van der Waals surface area contributed by atoms with Crippen LogP contribution in [0.5, 0.6) is 0 Å². The Morgan fingerprint density at radius 3 is 2.32 bits per heavy atom. The molecule has 3 rings (SSSR count). The number of thiazole rings is 1. The molecule has 4 heteroatoms. The molecule has 0 aliphatic carbocycles. The molecule has 2 heterocycles. The second kappa shape index (κ2) is 5.06. The van der Waals surface area contributed by atoms with E-state index in [1.54, 1.807) is 11.3 Å². The monoisotopic (exact) mass is 312 g/mol. The molecule has 0 spiro atoms. The van der Waals surface area contributed by atoms with Gasteiger partial charge in [-0.1, -0.05) is 50.6 Å². The van der Waals surface area contributed by atoms with Crippen molar-refractivity contribution in [3.63, 3.8) is 0 Å². The lowest BCUT2D eigenvalue weighted by atomic mass is 9.91. The Morgan fingerprint density at radius 1 is 1.14 bits per heavy atom. The zero-order chi connectivity index (χ0) is 16.1. The van der Waals surface area contributed by atoms with Gasteiger partial charge in [0, 0.05) is 10.3 Å². The van der Waals surface area contributed by atoms with Gasteiger partial charge >= 0.3 is 0 Å². The lowest BCUT2D eigenvalue weighted by Crippen LogP contribution is -2.15. The summed E-state index contributed by atoms with van der Waals surface area (Å²) in [5, 5.41) is 0. The standard InChI is InChI=1S/C18H20N2OS/c1-11-6-8-13(9-7-11)15-12(2)22-17-19-16(18(3,4)5)14(10-21)20(15)17/h6-10H,1-5H3. The quantitative estimate of drug-likeness (QED) is 0.638. The van der Waals surface area contributed by atoms with Crippen LogP contribution in [0.3, 0.4) is 0 Å². The van der Waals surface area contributed by atoms with E-state index in [0.29, 0.717) is 5.69 Å². The van der Waals surface area contributed by atoms with Crippen molar-refractivity contribution in [1.29, 1.82) is 0 Å². The summed E-state index contributed by atoms with van der Waals surface area (Å²) in [5.41, 5.74) is 4.80. The fraction of sp³-hybridized carbons (Fsp3) is 0.333. The molecule has 1 aromatic carbocycles. The summed E-state index contributed by atoms with van der Waals surface area (Å²) in [6, 6.07) is 8.41. The highest BCUT2D eigenvalue weighted by molar-refractivity contribution is 7.17. The van der Waals surface area contributed by atoms with E-state index in [1.165, 1.54) is 10.4 Å². The molecule has 0 radical (unpaired) electrons. The fourth-order valence-corrected chi connectivity index (χ4v) is 3.74. The Balaban J connectivity index is 2.35. The van der Waals surface area contributed by atoms with E-state index in [9.17, 15) is 4.79 Å². The zero-order valence-electron chi connectivity index (χ0n) is 13.6. The molecule has 0 fully saturated rings. The van der Waals surface area contributed by atoms with Gasteiger partial charge in [-0.2, -0.15) is 0 Å². The molecular weight excluding hydrogens is 292 g/mol. The van der Waals surface area contributed by atoms with Gasteiger partial charge in [-0.15, -0.1) is 11.3 Å². The number of imidazole rings is 1. The zero-order valence-corrected chi connectivity index (χ0v) is 14.4. The second-order valence-electron chi connectivity index (χ2n) is 6.70. The Hall–Kier alpha value is -1.94. The number of aldehydes is 1. The van der Waals surface area contributed by atoms with Gasteiger partial charge in [0.1, 0.15) is 5.69 Å². The van der Waals surface area contributed by atoms with Crippen LogP contribution in [0.2, 0.25) is 0 Å². The van der Waals surface area contributed by atoms with Crippen molar-refractivity contribution in [3.05, 3.63) is 46.1 Å². The number of benzene rings is 1. The van der Waals surface area contributed by atoms with Crippen LogP contribution in [0.1, 0.15) is 47.4 Å². The van der Waals surface area contributed by atoms with Gasteiger partial charge in [-0.05, 0) is 19.4 Å². The molecule has 3 aromatic rings. The van der Waals surface area contributed by atoms with Crippen LogP contribution in [0, 0.1) is 13.8 Å². The first-order valence-electron chi connectivity index (χ1n) is 7.37. The summed E-state index contributed by atoms with van der Waals surface area (Å²) < 4.78 is 2.01. The minimum absolute atomic E-state index is 0.152. The van der Waals surface area contributed by atoms with Gasteiger partial charge in [0.25, 0.3) is 0 Å². The number of fused-ring (bicyclic) bond motifs is 1. The number of nitrogens with zero attached hydrogens (tertiary/aromatic N) is 2.